The first-order valence-electron chi connectivity index (χ1n) is 8.10. The Hall–Kier alpha value is -1.42. The normalized spacial score (nSPS) is 18.1. The van der Waals surface area contributed by atoms with Crippen molar-refractivity contribution in [2.75, 3.05) is 7.05 Å². The molecule has 0 bridgehead atoms. The summed E-state index contributed by atoms with van der Waals surface area (Å²) in [6, 6.07) is 7.44. The molecule has 0 aromatic heterocycles. The maximum absolute atomic E-state index is 11.1. The summed E-state index contributed by atoms with van der Waals surface area (Å²) in [6.07, 6.45) is 9.91. The van der Waals surface area contributed by atoms with Gasteiger partial charge in [-0.3, -0.25) is 10.1 Å². The number of hydrogen-bond donors (Lipinski definition) is 1. The Labute approximate surface area is 127 Å². The lowest BCUT2D eigenvalue weighted by atomic mass is 9.89. The summed E-state index contributed by atoms with van der Waals surface area (Å²) >= 11 is 0. The van der Waals surface area contributed by atoms with E-state index in [0.717, 1.165) is 24.3 Å². The van der Waals surface area contributed by atoms with E-state index in [2.05, 4.69) is 5.32 Å². The lowest BCUT2D eigenvalue weighted by Gasteiger charge is -2.22. The summed E-state index contributed by atoms with van der Waals surface area (Å²) in [5.74, 6) is 0.771. The average molecular weight is 290 g/mol. The van der Waals surface area contributed by atoms with Crippen molar-refractivity contribution in [3.63, 3.8) is 0 Å². The van der Waals surface area contributed by atoms with E-state index in [9.17, 15) is 10.1 Å². The Morgan fingerprint density at radius 3 is 2.52 bits per heavy atom. The number of likely N-dealkylation sites (N-methyl/N-ethyl adjacent to an activating group) is 1. The number of rotatable bonds is 6. The Morgan fingerprint density at radius 1 is 1.24 bits per heavy atom. The monoisotopic (exact) mass is 290 g/mol. The molecule has 0 aliphatic heterocycles. The van der Waals surface area contributed by atoms with Crippen molar-refractivity contribution < 1.29 is 4.92 Å². The summed E-state index contributed by atoms with van der Waals surface area (Å²) < 4.78 is 0. The average Bonchev–Trinajstić information content (AvgIpc) is 2.75. The van der Waals surface area contributed by atoms with Crippen molar-refractivity contribution in [1.29, 1.82) is 0 Å². The number of nitro groups is 1. The highest BCUT2D eigenvalue weighted by Crippen LogP contribution is 2.28. The fourth-order valence-electron chi connectivity index (χ4n) is 3.43. The number of benzene rings is 1. The van der Waals surface area contributed by atoms with E-state index in [-0.39, 0.29) is 10.6 Å². The van der Waals surface area contributed by atoms with Gasteiger partial charge in [0.15, 0.2) is 0 Å². The fourth-order valence-corrected chi connectivity index (χ4v) is 3.43. The molecule has 0 saturated heterocycles. The second-order valence-corrected chi connectivity index (χ2v) is 6.17. The molecule has 1 aliphatic carbocycles. The zero-order chi connectivity index (χ0) is 15.1. The largest absolute Gasteiger partial charge is 0.317 e. The molecular formula is C17H26N2O2. The molecule has 1 unspecified atom stereocenters. The van der Waals surface area contributed by atoms with E-state index in [1.165, 1.54) is 38.5 Å². The van der Waals surface area contributed by atoms with Gasteiger partial charge in [-0.05, 0) is 25.8 Å². The van der Waals surface area contributed by atoms with Crippen molar-refractivity contribution >= 4 is 5.69 Å². The van der Waals surface area contributed by atoms with Crippen LogP contribution in [0.5, 0.6) is 0 Å². The first-order chi connectivity index (χ1) is 10.2. The Kier molecular flexibility index (Phi) is 6.18. The standard InChI is InChI=1S/C17H26N2O2/c1-18-16(12-14-8-4-2-3-5-9-14)13-15-10-6-7-11-17(15)19(20)21/h6-7,10-11,14,16,18H,2-5,8-9,12-13H2,1H3. The minimum atomic E-state index is -0.270. The highest BCUT2D eigenvalue weighted by Gasteiger charge is 2.20. The lowest BCUT2D eigenvalue weighted by Crippen LogP contribution is -2.30. The molecule has 0 amide bonds. The highest BCUT2D eigenvalue weighted by molar-refractivity contribution is 5.40. The molecule has 4 heteroatoms. The molecule has 1 aromatic rings. The highest BCUT2D eigenvalue weighted by atomic mass is 16.6. The van der Waals surface area contributed by atoms with Crippen LogP contribution in [0.1, 0.15) is 50.5 Å². The molecule has 0 spiro atoms. The molecule has 116 valence electrons. The topological polar surface area (TPSA) is 55.2 Å². The van der Waals surface area contributed by atoms with Gasteiger partial charge in [-0.25, -0.2) is 0 Å². The molecule has 1 aliphatic rings. The van der Waals surface area contributed by atoms with Gasteiger partial charge in [0.25, 0.3) is 5.69 Å². The molecule has 0 heterocycles. The summed E-state index contributed by atoms with van der Waals surface area (Å²) in [5, 5.41) is 14.5. The van der Waals surface area contributed by atoms with E-state index in [0.29, 0.717) is 6.04 Å². The molecule has 1 aromatic carbocycles. The van der Waals surface area contributed by atoms with Crippen LogP contribution in [-0.4, -0.2) is 18.0 Å². The van der Waals surface area contributed by atoms with Crippen LogP contribution >= 0.6 is 0 Å². The molecule has 2 rings (SSSR count). The van der Waals surface area contributed by atoms with Crippen molar-refractivity contribution in [2.45, 2.75) is 57.4 Å². The maximum atomic E-state index is 11.1. The van der Waals surface area contributed by atoms with Gasteiger partial charge >= 0.3 is 0 Å². The SMILES string of the molecule is CNC(Cc1ccccc1[N+](=O)[O-])CC1CCCCCC1. The molecule has 21 heavy (non-hydrogen) atoms. The second-order valence-electron chi connectivity index (χ2n) is 6.17. The predicted molar refractivity (Wildman–Crippen MR) is 85.5 cm³/mol. The Balaban J connectivity index is 2.00. The molecule has 4 nitrogen and oxygen atoms in total. The van der Waals surface area contributed by atoms with Gasteiger partial charge in [0.1, 0.15) is 0 Å². The first kappa shape index (κ1) is 16.0. The number of hydrogen-bond acceptors (Lipinski definition) is 3. The van der Waals surface area contributed by atoms with Crippen LogP contribution in [-0.2, 0) is 6.42 Å². The minimum absolute atomic E-state index is 0.249. The number of nitrogens with zero attached hydrogens (tertiary/aromatic N) is 1. The van der Waals surface area contributed by atoms with Crippen molar-refractivity contribution in [2.24, 2.45) is 5.92 Å². The van der Waals surface area contributed by atoms with Crippen LogP contribution in [0.15, 0.2) is 24.3 Å². The van der Waals surface area contributed by atoms with Crippen LogP contribution in [0.2, 0.25) is 0 Å². The Bertz CT molecular complexity index is 454. The summed E-state index contributed by atoms with van der Waals surface area (Å²) in [7, 11) is 1.97. The number of nitro benzene ring substituents is 1. The van der Waals surface area contributed by atoms with Gasteiger partial charge in [0.05, 0.1) is 4.92 Å². The van der Waals surface area contributed by atoms with Crippen LogP contribution in [0, 0.1) is 16.0 Å². The smallest absolute Gasteiger partial charge is 0.272 e. The second kappa shape index (κ2) is 8.13. The molecule has 1 saturated carbocycles. The van der Waals surface area contributed by atoms with Gasteiger partial charge in [-0.15, -0.1) is 0 Å². The van der Waals surface area contributed by atoms with E-state index in [1.54, 1.807) is 12.1 Å². The fraction of sp³-hybridized carbons (Fsp3) is 0.647. The minimum Gasteiger partial charge on any atom is -0.317 e. The zero-order valence-corrected chi connectivity index (χ0v) is 12.9. The quantitative estimate of drug-likeness (QED) is 0.488. The van der Waals surface area contributed by atoms with E-state index in [4.69, 9.17) is 0 Å². The maximum Gasteiger partial charge on any atom is 0.272 e. The van der Waals surface area contributed by atoms with Crippen molar-refractivity contribution in [1.82, 2.24) is 5.32 Å². The molecule has 1 atom stereocenters. The van der Waals surface area contributed by atoms with Gasteiger partial charge in [0, 0.05) is 17.7 Å². The third kappa shape index (κ3) is 4.81. The van der Waals surface area contributed by atoms with Crippen LogP contribution < -0.4 is 5.32 Å². The van der Waals surface area contributed by atoms with Crippen molar-refractivity contribution in [3.8, 4) is 0 Å². The number of nitrogens with one attached hydrogen (secondary N) is 1. The molecular weight excluding hydrogens is 264 g/mol. The van der Waals surface area contributed by atoms with Gasteiger partial charge in [0.2, 0.25) is 0 Å². The summed E-state index contributed by atoms with van der Waals surface area (Å²) in [5.41, 5.74) is 1.09. The van der Waals surface area contributed by atoms with Crippen LogP contribution in [0.3, 0.4) is 0 Å². The van der Waals surface area contributed by atoms with Crippen LogP contribution in [0.25, 0.3) is 0 Å². The Morgan fingerprint density at radius 2 is 1.90 bits per heavy atom. The summed E-state index contributed by atoms with van der Waals surface area (Å²) in [4.78, 5) is 10.8. The molecule has 1 fully saturated rings. The van der Waals surface area contributed by atoms with Gasteiger partial charge in [-0.2, -0.15) is 0 Å². The predicted octanol–water partition coefficient (Wildman–Crippen LogP) is 4.09. The third-order valence-corrected chi connectivity index (χ3v) is 4.66. The van der Waals surface area contributed by atoms with Gasteiger partial charge in [-0.1, -0.05) is 56.7 Å². The molecule has 1 N–H and O–H groups in total. The van der Waals surface area contributed by atoms with Gasteiger partial charge < -0.3 is 5.32 Å². The lowest BCUT2D eigenvalue weighted by molar-refractivity contribution is -0.385. The van der Waals surface area contributed by atoms with E-state index < -0.39 is 0 Å². The van der Waals surface area contributed by atoms with Crippen LogP contribution in [0.4, 0.5) is 5.69 Å². The van der Waals surface area contributed by atoms with E-state index in [1.807, 2.05) is 19.2 Å². The zero-order valence-electron chi connectivity index (χ0n) is 12.9. The summed E-state index contributed by atoms with van der Waals surface area (Å²) in [6.45, 7) is 0. The molecule has 0 radical (unpaired) electrons. The third-order valence-electron chi connectivity index (χ3n) is 4.66. The van der Waals surface area contributed by atoms with E-state index >= 15 is 0 Å². The first-order valence-corrected chi connectivity index (χ1v) is 8.10. The number of para-hydroxylation sites is 1. The van der Waals surface area contributed by atoms with Crippen molar-refractivity contribution in [3.05, 3.63) is 39.9 Å².